The summed E-state index contributed by atoms with van der Waals surface area (Å²) in [6.07, 6.45) is 3.74. The second-order valence-corrected chi connectivity index (χ2v) is 6.63. The van der Waals surface area contributed by atoms with Gasteiger partial charge in [-0.3, -0.25) is 4.79 Å². The third-order valence-corrected chi connectivity index (χ3v) is 4.23. The van der Waals surface area contributed by atoms with Crippen molar-refractivity contribution < 1.29 is 4.79 Å². The Balaban J connectivity index is 1.83. The van der Waals surface area contributed by atoms with Gasteiger partial charge in [-0.25, -0.2) is 0 Å². The summed E-state index contributed by atoms with van der Waals surface area (Å²) in [7, 11) is 0. The Bertz CT molecular complexity index is 268. The van der Waals surface area contributed by atoms with Crippen LogP contribution < -0.4 is 5.32 Å². The molecule has 17 heavy (non-hydrogen) atoms. The van der Waals surface area contributed by atoms with E-state index in [1.165, 1.54) is 32.4 Å². The number of amides is 1. The van der Waals surface area contributed by atoms with Crippen LogP contribution in [0.5, 0.6) is 0 Å². The minimum Gasteiger partial charge on any atom is -0.342 e. The highest BCUT2D eigenvalue weighted by Crippen LogP contribution is 2.30. The van der Waals surface area contributed by atoms with Crippen molar-refractivity contribution in [1.82, 2.24) is 10.2 Å². The number of hydrogen-bond acceptors (Lipinski definition) is 2. The molecule has 2 saturated heterocycles. The van der Waals surface area contributed by atoms with E-state index in [1.807, 2.05) is 20.8 Å². The summed E-state index contributed by atoms with van der Waals surface area (Å²) < 4.78 is 0. The second kappa shape index (κ2) is 4.97. The van der Waals surface area contributed by atoms with Crippen LogP contribution in [0.2, 0.25) is 0 Å². The maximum Gasteiger partial charge on any atom is 0.227 e. The second-order valence-electron chi connectivity index (χ2n) is 6.63. The van der Waals surface area contributed by atoms with Gasteiger partial charge in [0.2, 0.25) is 5.91 Å². The molecule has 2 heterocycles. The first kappa shape index (κ1) is 12.9. The first-order chi connectivity index (χ1) is 7.98. The van der Waals surface area contributed by atoms with E-state index in [0.29, 0.717) is 5.91 Å². The number of nitrogens with one attached hydrogen (secondary N) is 1. The fourth-order valence-corrected chi connectivity index (χ4v) is 3.13. The molecule has 2 rings (SSSR count). The van der Waals surface area contributed by atoms with Crippen LogP contribution in [-0.4, -0.2) is 37.0 Å². The molecule has 3 heteroatoms. The van der Waals surface area contributed by atoms with Crippen LogP contribution in [0.25, 0.3) is 0 Å². The molecular weight excluding hydrogens is 212 g/mol. The highest BCUT2D eigenvalue weighted by Gasteiger charge is 2.33. The van der Waals surface area contributed by atoms with E-state index in [1.54, 1.807) is 0 Å². The van der Waals surface area contributed by atoms with Crippen molar-refractivity contribution in [2.24, 2.45) is 17.3 Å². The summed E-state index contributed by atoms with van der Waals surface area (Å²) >= 11 is 0. The normalized spacial score (nSPS) is 27.5. The minimum atomic E-state index is -0.220. The highest BCUT2D eigenvalue weighted by molar-refractivity contribution is 5.81. The first-order valence-electron chi connectivity index (χ1n) is 6.98. The topological polar surface area (TPSA) is 32.3 Å². The Morgan fingerprint density at radius 3 is 2.24 bits per heavy atom. The fourth-order valence-electron chi connectivity index (χ4n) is 3.13. The summed E-state index contributed by atoms with van der Waals surface area (Å²) in [5, 5.41) is 3.45. The van der Waals surface area contributed by atoms with Crippen molar-refractivity contribution in [3.05, 3.63) is 0 Å². The zero-order valence-corrected chi connectivity index (χ0v) is 11.5. The lowest BCUT2D eigenvalue weighted by molar-refractivity contribution is -0.141. The van der Waals surface area contributed by atoms with Crippen molar-refractivity contribution in [3.63, 3.8) is 0 Å². The molecule has 3 nitrogen and oxygen atoms in total. The van der Waals surface area contributed by atoms with E-state index in [-0.39, 0.29) is 5.41 Å². The molecule has 98 valence electrons. The molecular formula is C14H26N2O. The first-order valence-corrected chi connectivity index (χ1v) is 6.98. The number of carbonyl (C=O) groups excluding carboxylic acids is 1. The van der Waals surface area contributed by atoms with E-state index < -0.39 is 0 Å². The summed E-state index contributed by atoms with van der Waals surface area (Å²) in [4.78, 5) is 14.2. The Morgan fingerprint density at radius 2 is 1.76 bits per heavy atom. The molecule has 2 aliphatic rings. The Hall–Kier alpha value is -0.570. The Labute approximate surface area is 105 Å². The van der Waals surface area contributed by atoms with Gasteiger partial charge in [0.05, 0.1) is 0 Å². The van der Waals surface area contributed by atoms with Crippen molar-refractivity contribution in [2.75, 3.05) is 26.2 Å². The molecule has 1 atom stereocenters. The van der Waals surface area contributed by atoms with Gasteiger partial charge in [0.25, 0.3) is 0 Å². The SMILES string of the molecule is CC(C)(C)C(=O)N1CCC(C2CCNC2)CC1. The lowest BCUT2D eigenvalue weighted by atomic mass is 9.83. The lowest BCUT2D eigenvalue weighted by Crippen LogP contribution is -2.45. The van der Waals surface area contributed by atoms with Gasteiger partial charge >= 0.3 is 0 Å². The van der Waals surface area contributed by atoms with Gasteiger partial charge in [0, 0.05) is 18.5 Å². The van der Waals surface area contributed by atoms with E-state index in [9.17, 15) is 4.79 Å². The van der Waals surface area contributed by atoms with E-state index in [0.717, 1.165) is 24.9 Å². The van der Waals surface area contributed by atoms with Crippen molar-refractivity contribution in [1.29, 1.82) is 0 Å². The highest BCUT2D eigenvalue weighted by atomic mass is 16.2. The molecule has 2 fully saturated rings. The summed E-state index contributed by atoms with van der Waals surface area (Å²) in [5.74, 6) is 2.02. The van der Waals surface area contributed by atoms with Crippen molar-refractivity contribution in [3.8, 4) is 0 Å². The monoisotopic (exact) mass is 238 g/mol. The average molecular weight is 238 g/mol. The van der Waals surface area contributed by atoms with Gasteiger partial charge in [-0.1, -0.05) is 20.8 Å². The summed E-state index contributed by atoms with van der Waals surface area (Å²) in [6.45, 7) is 10.4. The third-order valence-electron chi connectivity index (χ3n) is 4.23. The number of piperidine rings is 1. The molecule has 0 aromatic heterocycles. The van der Waals surface area contributed by atoms with Crippen LogP contribution in [0.1, 0.15) is 40.0 Å². The van der Waals surface area contributed by atoms with Gasteiger partial charge in [0.15, 0.2) is 0 Å². The molecule has 0 aliphatic carbocycles. The number of rotatable bonds is 1. The standard InChI is InChI=1S/C14H26N2O/c1-14(2,3)13(17)16-8-5-11(6-9-16)12-4-7-15-10-12/h11-12,15H,4-10H2,1-3H3. The maximum atomic E-state index is 12.2. The quantitative estimate of drug-likeness (QED) is 0.756. The average Bonchev–Trinajstić information content (AvgIpc) is 2.80. The van der Waals surface area contributed by atoms with Gasteiger partial charge in [-0.2, -0.15) is 0 Å². The molecule has 0 spiro atoms. The zero-order valence-electron chi connectivity index (χ0n) is 11.5. The van der Waals surface area contributed by atoms with Crippen LogP contribution in [0.15, 0.2) is 0 Å². The van der Waals surface area contributed by atoms with Crippen LogP contribution in [0.4, 0.5) is 0 Å². The molecule has 0 aromatic rings. The van der Waals surface area contributed by atoms with Gasteiger partial charge in [-0.05, 0) is 44.2 Å². The maximum absolute atomic E-state index is 12.2. The van der Waals surface area contributed by atoms with Crippen molar-refractivity contribution in [2.45, 2.75) is 40.0 Å². The lowest BCUT2D eigenvalue weighted by Gasteiger charge is -2.37. The number of nitrogens with zero attached hydrogens (tertiary/aromatic N) is 1. The number of hydrogen-bond donors (Lipinski definition) is 1. The largest absolute Gasteiger partial charge is 0.342 e. The molecule has 0 radical (unpaired) electrons. The van der Waals surface area contributed by atoms with Crippen LogP contribution in [-0.2, 0) is 4.79 Å². The molecule has 0 saturated carbocycles. The predicted octanol–water partition coefficient (Wildman–Crippen LogP) is 1.88. The smallest absolute Gasteiger partial charge is 0.227 e. The van der Waals surface area contributed by atoms with E-state index >= 15 is 0 Å². The Kier molecular flexibility index (Phi) is 3.76. The number of likely N-dealkylation sites (tertiary alicyclic amines) is 1. The molecule has 1 amide bonds. The molecule has 2 aliphatic heterocycles. The van der Waals surface area contributed by atoms with Crippen LogP contribution >= 0.6 is 0 Å². The summed E-state index contributed by atoms with van der Waals surface area (Å²) in [5.41, 5.74) is -0.220. The molecule has 0 aromatic carbocycles. The Morgan fingerprint density at radius 1 is 1.12 bits per heavy atom. The number of carbonyl (C=O) groups is 1. The molecule has 1 unspecified atom stereocenters. The minimum absolute atomic E-state index is 0.220. The molecule has 0 bridgehead atoms. The fraction of sp³-hybridized carbons (Fsp3) is 0.929. The van der Waals surface area contributed by atoms with Crippen molar-refractivity contribution >= 4 is 5.91 Å². The van der Waals surface area contributed by atoms with Crippen LogP contribution in [0, 0.1) is 17.3 Å². The van der Waals surface area contributed by atoms with Gasteiger partial charge < -0.3 is 10.2 Å². The predicted molar refractivity (Wildman–Crippen MR) is 69.7 cm³/mol. The summed E-state index contributed by atoms with van der Waals surface area (Å²) in [6, 6.07) is 0. The van der Waals surface area contributed by atoms with E-state index in [4.69, 9.17) is 0 Å². The van der Waals surface area contributed by atoms with E-state index in [2.05, 4.69) is 10.2 Å². The van der Waals surface area contributed by atoms with Gasteiger partial charge in [-0.15, -0.1) is 0 Å². The van der Waals surface area contributed by atoms with Gasteiger partial charge in [0.1, 0.15) is 0 Å². The van der Waals surface area contributed by atoms with Crippen LogP contribution in [0.3, 0.4) is 0 Å². The zero-order chi connectivity index (χ0) is 12.5. The third kappa shape index (κ3) is 3.01. The molecule has 1 N–H and O–H groups in total.